The van der Waals surface area contributed by atoms with Crippen LogP contribution < -0.4 is 0 Å². The van der Waals surface area contributed by atoms with Crippen LogP contribution in [0.25, 0.3) is 0 Å². The van der Waals surface area contributed by atoms with Gasteiger partial charge in [-0.2, -0.15) is 0 Å². The Morgan fingerprint density at radius 3 is 2.00 bits per heavy atom. The molecule has 2 heteroatoms. The molecule has 0 aromatic carbocycles. The molecule has 0 amide bonds. The summed E-state index contributed by atoms with van der Waals surface area (Å²) in [5, 5.41) is 0. The average molecular weight is 240 g/mol. The maximum atomic E-state index is 2.53. The lowest BCUT2D eigenvalue weighted by atomic mass is 10.4. The van der Waals surface area contributed by atoms with Gasteiger partial charge in [0.05, 0.1) is 20.1 Å². The molecule has 0 spiro atoms. The molecule has 0 bridgehead atoms. The molecule has 1 unspecified atom stereocenters. The Balaban J connectivity index is 2.51. The van der Waals surface area contributed by atoms with E-state index in [-0.39, 0.29) is 0 Å². The molecule has 0 N–H and O–H groups in total. The van der Waals surface area contributed by atoms with Crippen LogP contribution >= 0.6 is 22.6 Å². The highest BCUT2D eigenvalue weighted by atomic mass is 127. The molecule has 1 nitrogen and oxygen atoms in total. The Bertz CT molecular complexity index is 95.1. The first-order valence-corrected chi connectivity index (χ1v) is 4.88. The standard InChI is InChI=1S/C7H15IN/c1-7(8)9(2)5-3-4-6-9/h7H,3-6H2,1-2H3/q+1. The molecular formula is C7H15IN+. The van der Waals surface area contributed by atoms with E-state index in [0.717, 1.165) is 4.05 Å². The van der Waals surface area contributed by atoms with Crippen LogP contribution in [0.2, 0.25) is 0 Å². The van der Waals surface area contributed by atoms with Crippen molar-refractivity contribution < 1.29 is 4.48 Å². The summed E-state index contributed by atoms with van der Waals surface area (Å²) in [7, 11) is 2.37. The fourth-order valence-corrected chi connectivity index (χ4v) is 1.97. The molecule has 0 saturated carbocycles. The van der Waals surface area contributed by atoms with E-state index in [1.54, 1.807) is 0 Å². The molecule has 1 heterocycles. The summed E-state index contributed by atoms with van der Waals surface area (Å²) in [6.45, 7) is 5.10. The molecule has 0 aliphatic carbocycles. The minimum absolute atomic E-state index is 0.796. The van der Waals surface area contributed by atoms with Gasteiger partial charge in [0, 0.05) is 12.8 Å². The van der Waals surface area contributed by atoms with Crippen molar-refractivity contribution >= 4 is 22.6 Å². The SMILES string of the molecule is CC(I)[N+]1(C)CCCC1. The van der Waals surface area contributed by atoms with Gasteiger partial charge < -0.3 is 4.48 Å². The molecule has 0 aromatic rings. The highest BCUT2D eigenvalue weighted by Crippen LogP contribution is 2.23. The summed E-state index contributed by atoms with van der Waals surface area (Å²) < 4.78 is 2.09. The second kappa shape index (κ2) is 2.74. The molecule has 1 aliphatic rings. The van der Waals surface area contributed by atoms with Crippen molar-refractivity contribution in [1.82, 2.24) is 0 Å². The number of hydrogen-bond acceptors (Lipinski definition) is 0. The van der Waals surface area contributed by atoms with Gasteiger partial charge in [0.2, 0.25) is 0 Å². The van der Waals surface area contributed by atoms with Crippen molar-refractivity contribution in [2.45, 2.75) is 23.8 Å². The van der Waals surface area contributed by atoms with E-state index in [1.807, 2.05) is 0 Å². The van der Waals surface area contributed by atoms with E-state index in [4.69, 9.17) is 0 Å². The van der Waals surface area contributed by atoms with Gasteiger partial charge in [0.25, 0.3) is 0 Å². The van der Waals surface area contributed by atoms with E-state index in [9.17, 15) is 0 Å². The normalized spacial score (nSPS) is 28.3. The van der Waals surface area contributed by atoms with Gasteiger partial charge in [-0.25, -0.2) is 0 Å². The van der Waals surface area contributed by atoms with Crippen LogP contribution in [0.1, 0.15) is 19.8 Å². The van der Waals surface area contributed by atoms with Gasteiger partial charge in [-0.05, 0) is 29.5 Å². The van der Waals surface area contributed by atoms with Crippen molar-refractivity contribution in [3.63, 3.8) is 0 Å². The van der Waals surface area contributed by atoms with Crippen molar-refractivity contribution in [3.05, 3.63) is 0 Å². The summed E-state index contributed by atoms with van der Waals surface area (Å²) in [5.74, 6) is 0. The molecular weight excluding hydrogens is 225 g/mol. The molecule has 9 heavy (non-hydrogen) atoms. The third-order valence-corrected chi connectivity index (χ3v) is 3.79. The quantitative estimate of drug-likeness (QED) is 0.284. The lowest BCUT2D eigenvalue weighted by Gasteiger charge is -2.32. The van der Waals surface area contributed by atoms with Gasteiger partial charge >= 0.3 is 0 Å². The van der Waals surface area contributed by atoms with Crippen molar-refractivity contribution in [3.8, 4) is 0 Å². The van der Waals surface area contributed by atoms with Gasteiger partial charge in [-0.3, -0.25) is 0 Å². The maximum absolute atomic E-state index is 2.53. The number of hydrogen-bond donors (Lipinski definition) is 0. The van der Waals surface area contributed by atoms with Crippen LogP contribution in [-0.2, 0) is 0 Å². The Kier molecular flexibility index (Phi) is 2.37. The molecule has 0 radical (unpaired) electrons. The van der Waals surface area contributed by atoms with Crippen molar-refractivity contribution in [1.29, 1.82) is 0 Å². The Labute approximate surface area is 71.2 Å². The minimum atomic E-state index is 0.796. The van der Waals surface area contributed by atoms with Crippen LogP contribution in [0, 0.1) is 0 Å². The second-order valence-electron chi connectivity index (χ2n) is 3.21. The van der Waals surface area contributed by atoms with E-state index >= 15 is 0 Å². The first kappa shape index (κ1) is 7.79. The number of quaternary nitrogens is 1. The van der Waals surface area contributed by atoms with Gasteiger partial charge in [-0.15, -0.1) is 0 Å². The third-order valence-electron chi connectivity index (χ3n) is 2.45. The summed E-state index contributed by atoms with van der Waals surface area (Å²) in [4.78, 5) is 0. The summed E-state index contributed by atoms with van der Waals surface area (Å²) >= 11 is 2.53. The Morgan fingerprint density at radius 1 is 1.33 bits per heavy atom. The van der Waals surface area contributed by atoms with E-state index in [2.05, 4.69) is 36.6 Å². The first-order valence-electron chi connectivity index (χ1n) is 3.63. The smallest absolute Gasteiger partial charge is 0.136 e. The van der Waals surface area contributed by atoms with E-state index in [0.29, 0.717) is 0 Å². The van der Waals surface area contributed by atoms with Gasteiger partial charge in [0.15, 0.2) is 0 Å². The first-order chi connectivity index (χ1) is 4.15. The van der Waals surface area contributed by atoms with Crippen LogP contribution in [-0.4, -0.2) is 28.7 Å². The predicted octanol–water partition coefficient (Wildman–Crippen LogP) is 2.01. The van der Waals surface area contributed by atoms with Crippen molar-refractivity contribution in [2.75, 3.05) is 20.1 Å². The Morgan fingerprint density at radius 2 is 1.78 bits per heavy atom. The van der Waals surface area contributed by atoms with E-state index < -0.39 is 0 Å². The number of nitrogens with zero attached hydrogens (tertiary/aromatic N) is 1. The van der Waals surface area contributed by atoms with Gasteiger partial charge in [0.1, 0.15) is 4.05 Å². The monoisotopic (exact) mass is 240 g/mol. The summed E-state index contributed by atoms with van der Waals surface area (Å²) in [5.41, 5.74) is 0. The summed E-state index contributed by atoms with van der Waals surface area (Å²) in [6.07, 6.45) is 2.87. The maximum Gasteiger partial charge on any atom is 0.136 e. The number of alkyl halides is 1. The molecule has 1 atom stereocenters. The zero-order valence-electron chi connectivity index (χ0n) is 6.23. The molecule has 54 valence electrons. The number of rotatable bonds is 1. The number of likely N-dealkylation sites (tertiary alicyclic amines) is 1. The highest BCUT2D eigenvalue weighted by Gasteiger charge is 2.30. The van der Waals surface area contributed by atoms with E-state index in [1.165, 1.54) is 30.4 Å². The molecule has 1 saturated heterocycles. The predicted molar refractivity (Wildman–Crippen MR) is 48.6 cm³/mol. The zero-order valence-corrected chi connectivity index (χ0v) is 8.39. The van der Waals surface area contributed by atoms with Crippen LogP contribution in [0.4, 0.5) is 0 Å². The lowest BCUT2D eigenvalue weighted by Crippen LogP contribution is -2.45. The average Bonchev–Trinajstić information content (AvgIpc) is 2.16. The second-order valence-corrected chi connectivity index (χ2v) is 5.01. The molecule has 1 fully saturated rings. The fraction of sp³-hybridized carbons (Fsp3) is 1.00. The minimum Gasteiger partial charge on any atom is -0.316 e. The lowest BCUT2D eigenvalue weighted by molar-refractivity contribution is -0.901. The van der Waals surface area contributed by atoms with Crippen LogP contribution in [0.3, 0.4) is 0 Å². The summed E-state index contributed by atoms with van der Waals surface area (Å²) in [6, 6.07) is 0. The third kappa shape index (κ3) is 1.58. The van der Waals surface area contributed by atoms with Crippen LogP contribution in [0.5, 0.6) is 0 Å². The largest absolute Gasteiger partial charge is 0.316 e. The van der Waals surface area contributed by atoms with Crippen molar-refractivity contribution in [2.24, 2.45) is 0 Å². The Hall–Kier alpha value is 0.690. The molecule has 1 rings (SSSR count). The zero-order chi connectivity index (χ0) is 6.91. The fourth-order valence-electron chi connectivity index (χ4n) is 1.41. The molecule has 0 aromatic heterocycles. The topological polar surface area (TPSA) is 0 Å². The number of halogens is 1. The highest BCUT2D eigenvalue weighted by molar-refractivity contribution is 14.1. The van der Waals surface area contributed by atoms with Crippen LogP contribution in [0.15, 0.2) is 0 Å². The molecule has 1 aliphatic heterocycles. The van der Waals surface area contributed by atoms with Gasteiger partial charge in [-0.1, -0.05) is 0 Å².